The van der Waals surface area contributed by atoms with Crippen molar-refractivity contribution in [2.24, 2.45) is 37.0 Å². The maximum atomic E-state index is 9.70. The molecular formula is C93H85BrN26O6S3. The lowest BCUT2D eigenvalue weighted by Gasteiger charge is -2.25. The number of halogens is 1. The molecule has 12 N–H and O–H groups in total. The van der Waals surface area contributed by atoms with Crippen molar-refractivity contribution in [1.29, 1.82) is 31.6 Å². The lowest BCUT2D eigenvalue weighted by Crippen LogP contribution is -2.21. The first kappa shape index (κ1) is 91.0. The summed E-state index contributed by atoms with van der Waals surface area (Å²) >= 11 is 8.34. The average molecular weight is 1840 g/mol. The van der Waals surface area contributed by atoms with Crippen molar-refractivity contribution < 1.29 is 28.4 Å². The van der Waals surface area contributed by atoms with E-state index < -0.39 is 5.92 Å². The molecule has 18 rings (SSSR count). The number of ether oxygens (including phenoxy) is 6. The molecule has 648 valence electrons. The summed E-state index contributed by atoms with van der Waals surface area (Å²) in [4.78, 5) is 10.4. The second-order valence-electron chi connectivity index (χ2n) is 29.4. The van der Waals surface area contributed by atoms with Crippen LogP contribution in [-0.4, -0.2) is 94.5 Å². The third kappa shape index (κ3) is 20.2. The Kier molecular flexibility index (Phi) is 29.2. The maximum Gasteiger partial charge on any atom is 0.244 e. The van der Waals surface area contributed by atoms with Gasteiger partial charge >= 0.3 is 0 Å². The first-order valence-corrected chi connectivity index (χ1v) is 43.5. The number of hydrogen-bond donors (Lipinski definition) is 8. The van der Waals surface area contributed by atoms with Crippen LogP contribution >= 0.6 is 50.8 Å². The van der Waals surface area contributed by atoms with Gasteiger partial charge in [0, 0.05) is 115 Å². The van der Waals surface area contributed by atoms with E-state index in [2.05, 4.69) is 149 Å². The molecule has 14 aromatic rings. The minimum atomic E-state index is -0.431. The van der Waals surface area contributed by atoms with Gasteiger partial charge in [-0.3, -0.25) is 30.4 Å². The molecule has 4 unspecified atom stereocenters. The Morgan fingerprint density at radius 2 is 0.977 bits per heavy atom. The summed E-state index contributed by atoms with van der Waals surface area (Å²) in [7, 11) is 7.09. The minimum Gasteiger partial charge on any atom is -0.497 e. The van der Waals surface area contributed by atoms with E-state index in [-0.39, 0.29) is 41.3 Å². The predicted octanol–water partition coefficient (Wildman–Crippen LogP) is 16.2. The zero-order chi connectivity index (χ0) is 91.7. The molecule has 4 aliphatic rings. The zero-order valence-corrected chi connectivity index (χ0v) is 75.8. The molecule has 0 saturated heterocycles. The predicted molar refractivity (Wildman–Crippen MR) is 488 cm³/mol. The monoisotopic (exact) mass is 1840 g/mol. The number of nitrogens with one attached hydrogen (secondary N) is 4. The molecule has 129 heavy (non-hydrogen) atoms. The number of methoxy groups -OCH3 is 2. The van der Waals surface area contributed by atoms with Gasteiger partial charge in [0.2, 0.25) is 47.1 Å². The third-order valence-corrected chi connectivity index (χ3v) is 24.8. The van der Waals surface area contributed by atoms with E-state index >= 15 is 0 Å². The highest BCUT2D eigenvalue weighted by atomic mass is 79.9. The summed E-state index contributed by atoms with van der Waals surface area (Å²) < 4.78 is 37.6. The van der Waals surface area contributed by atoms with Crippen molar-refractivity contribution in [1.82, 2.24) is 80.3 Å². The van der Waals surface area contributed by atoms with Crippen LogP contribution in [0.2, 0.25) is 0 Å². The van der Waals surface area contributed by atoms with E-state index in [1.165, 1.54) is 4.88 Å². The van der Waals surface area contributed by atoms with Crippen LogP contribution in [0, 0.1) is 110 Å². The summed E-state index contributed by atoms with van der Waals surface area (Å²) in [6.45, 7) is 13.9. The van der Waals surface area contributed by atoms with E-state index in [1.54, 1.807) is 73.9 Å². The number of benzene rings is 5. The van der Waals surface area contributed by atoms with Gasteiger partial charge in [0.05, 0.1) is 72.3 Å². The molecule has 9 aromatic heterocycles. The van der Waals surface area contributed by atoms with Crippen molar-refractivity contribution in [2.75, 3.05) is 14.2 Å². The lowest BCUT2D eigenvalue weighted by atomic mass is 9.81. The molecule has 4 atom stereocenters. The number of thiophene rings is 1. The fourth-order valence-corrected chi connectivity index (χ4v) is 17.8. The molecule has 0 spiro atoms. The van der Waals surface area contributed by atoms with Crippen LogP contribution in [0.5, 0.6) is 35.0 Å². The van der Waals surface area contributed by atoms with E-state index in [0.717, 1.165) is 151 Å². The van der Waals surface area contributed by atoms with Gasteiger partial charge in [0.15, 0.2) is 22.0 Å². The number of pyridine rings is 2. The van der Waals surface area contributed by atoms with E-state index in [9.17, 15) is 21.0 Å². The van der Waals surface area contributed by atoms with Crippen molar-refractivity contribution in [3.63, 3.8) is 0 Å². The number of rotatable bonds is 16. The van der Waals surface area contributed by atoms with Crippen molar-refractivity contribution in [2.45, 2.75) is 107 Å². The second kappa shape index (κ2) is 41.4. The molecule has 0 aliphatic carbocycles. The van der Waals surface area contributed by atoms with Crippen molar-refractivity contribution >= 4 is 50.8 Å². The number of H-pyrrole nitrogens is 4. The molecule has 32 nitrogen and oxygen atoms in total. The Balaban J connectivity index is 0.000000132. The first-order chi connectivity index (χ1) is 62.4. The summed E-state index contributed by atoms with van der Waals surface area (Å²) in [5.74, 6) is 5.55. The van der Waals surface area contributed by atoms with Crippen LogP contribution in [0.25, 0.3) is 22.8 Å². The van der Waals surface area contributed by atoms with Gasteiger partial charge in [-0.25, -0.2) is 0 Å². The number of nitrogens with two attached hydrogens (primary N) is 4. The molecule has 0 amide bonds. The van der Waals surface area contributed by atoms with Crippen LogP contribution in [0.4, 0.5) is 0 Å². The van der Waals surface area contributed by atoms with E-state index in [4.69, 9.17) is 61.9 Å². The SMILES string of the molecule is CCCc1[nH]nc2c1C(c1cc(OC)ccc1OC)C(C#N)=C(N)O2.Cc1[nH]nc2c1C(c1cccc(Br)c1)C(C#N)=C(N)O2.Cc1ccc(C)c(C2C(C#N)=C(N)Oc3n[nH]c(C)c32)c1.Cc1ccc(C2C(C#N)=C(N)Oc3n[nH]c(C)c32)s1.Cn1c(SCc2ccc(C#N)cc2)nnc1-c1cccnc1.Cn1c(SCc2ccc(C#N)cc2)nnc1-c1ccncc1. The van der Waals surface area contributed by atoms with Gasteiger partial charge in [-0.15, -0.1) is 52.1 Å². The number of nitriles is 6. The Hall–Kier alpha value is -15.7. The fraction of sp³-hybridized carbons (Fsp3) is 0.204. The largest absolute Gasteiger partial charge is 0.497 e. The number of nitrogens with zero attached hydrogens (tertiary/aromatic N) is 18. The van der Waals surface area contributed by atoms with Crippen molar-refractivity contribution in [3.8, 4) is 94.2 Å². The molecule has 13 heterocycles. The number of aromatic amines is 4. The Morgan fingerprint density at radius 1 is 0.481 bits per heavy atom. The molecule has 5 aromatic carbocycles. The number of hydrogen-bond acceptors (Lipinski definition) is 29. The molecule has 0 saturated carbocycles. The van der Waals surface area contributed by atoms with Gasteiger partial charge in [-0.05, 0) is 167 Å². The quantitative estimate of drug-likeness (QED) is 0.0416. The molecule has 0 bridgehead atoms. The Morgan fingerprint density at radius 3 is 1.46 bits per heavy atom. The van der Waals surface area contributed by atoms with E-state index in [0.29, 0.717) is 68.4 Å². The normalized spacial score (nSPS) is 14.7. The number of allylic oxidation sites excluding steroid dienone is 4. The van der Waals surface area contributed by atoms with E-state index in [1.807, 2.05) is 192 Å². The maximum absolute atomic E-state index is 9.70. The van der Waals surface area contributed by atoms with Crippen LogP contribution < -0.4 is 51.4 Å². The summed E-state index contributed by atoms with van der Waals surface area (Å²) in [6.07, 6.45) is 8.71. The minimum absolute atomic E-state index is 0.0550. The average Bonchev–Trinajstić information content (AvgIpc) is 1.66. The van der Waals surface area contributed by atoms with Gasteiger partial charge < -0.3 is 60.5 Å². The molecule has 0 radical (unpaired) electrons. The standard InChI is InChI=1S/C18H20N4O3.2C16H13N5S.C16H16N4O.C14H11BrN4O.C13H12N4OS/c1-4-5-13-16-15(11-8-10(23-2)6-7-14(11)24-3)12(9-19)17(20)25-18(16)22-21-13;1-21-15(14-6-8-18-9-7-14)19-20-16(21)22-11-13-4-2-12(10-17)3-5-13;1-21-15(14-3-2-8-18-10-14)19-20-16(21)22-11-13-6-4-12(9-17)5-7-13;1-8-4-5-9(2)11(6-8)14-12(7-17)15(18)21-16-13(14)10(3)19-20-16;1-7-11-12(8-3-2-4-9(15)5-8)10(6-16)13(17)20-14(11)19-18-7;1-6-3-4-9(19-6)11-8(5-14)12(15)18-13-10(11)7(2)16-17-13/h6-8,15H,4-5,20H2,1-3H3,(H,21,22);2-9H,11H2,1H3;2-8,10H,11H2,1H3;4-6,14H,18H2,1-3H3,(H,19,20);2-5,12H,17H2,1H3,(H,18,19);3-4,11H,15H2,1-2H3,(H,16,17). The molecular weight excluding hydrogens is 1750 g/mol. The number of fused-ring (bicyclic) bond motifs is 4. The summed E-state index contributed by atoms with van der Waals surface area (Å²) in [5.41, 5.74) is 42.9. The highest BCUT2D eigenvalue weighted by molar-refractivity contribution is 9.10. The summed E-state index contributed by atoms with van der Waals surface area (Å²) in [5, 5.41) is 102. The number of thioether (sulfide) groups is 2. The van der Waals surface area contributed by atoms with Crippen LogP contribution in [0.15, 0.2) is 231 Å². The Labute approximate surface area is 763 Å². The Bertz CT molecular complexity index is 6720. The van der Waals surface area contributed by atoms with Gasteiger partial charge in [-0.1, -0.05) is 113 Å². The number of aryl methyl sites for hydroxylation is 7. The van der Waals surface area contributed by atoms with Crippen LogP contribution in [-0.2, 0) is 32.0 Å². The first-order valence-electron chi connectivity index (χ1n) is 39.9. The topological polar surface area (TPSA) is 504 Å². The van der Waals surface area contributed by atoms with Crippen LogP contribution in [0.3, 0.4) is 0 Å². The smallest absolute Gasteiger partial charge is 0.244 e. The van der Waals surface area contributed by atoms with Gasteiger partial charge in [-0.2, -0.15) is 31.6 Å². The highest BCUT2D eigenvalue weighted by Crippen LogP contribution is 2.50. The molecule has 4 aliphatic heterocycles. The second-order valence-corrected chi connectivity index (χ2v) is 33.6. The molecule has 0 fully saturated rings. The molecule has 36 heteroatoms. The zero-order valence-electron chi connectivity index (χ0n) is 71.7. The fourth-order valence-electron chi connectivity index (χ4n) is 14.6. The number of aromatic nitrogens is 16. The van der Waals surface area contributed by atoms with Gasteiger partial charge in [0.25, 0.3) is 0 Å². The van der Waals surface area contributed by atoms with Crippen molar-refractivity contribution in [3.05, 3.63) is 326 Å². The summed E-state index contributed by atoms with van der Waals surface area (Å²) in [6, 6.07) is 59.3. The highest BCUT2D eigenvalue weighted by Gasteiger charge is 2.40. The van der Waals surface area contributed by atoms with Crippen LogP contribution in [0.1, 0.15) is 142 Å². The lowest BCUT2D eigenvalue weighted by molar-refractivity contribution is 0.373. The van der Waals surface area contributed by atoms with Gasteiger partial charge in [0.1, 0.15) is 58.1 Å². The third-order valence-electron chi connectivity index (χ3n) is 21.1.